The maximum Gasteiger partial charge on any atom is 0.264 e. The molecule has 2 amide bonds. The largest absolute Gasteiger partial charge is 0.497 e. The summed E-state index contributed by atoms with van der Waals surface area (Å²) in [6, 6.07) is 19.4. The van der Waals surface area contributed by atoms with Crippen molar-refractivity contribution in [2.24, 2.45) is 0 Å². The molecule has 3 aromatic carbocycles. The second-order valence-corrected chi connectivity index (χ2v) is 12.4. The Bertz CT molecular complexity index is 1410. The van der Waals surface area contributed by atoms with Gasteiger partial charge in [0.2, 0.25) is 11.8 Å². The predicted octanol–water partition coefficient (Wildman–Crippen LogP) is 5.29. The zero-order valence-corrected chi connectivity index (χ0v) is 25.8. The van der Waals surface area contributed by atoms with Crippen molar-refractivity contribution in [1.29, 1.82) is 0 Å². The van der Waals surface area contributed by atoms with Crippen molar-refractivity contribution >= 4 is 43.5 Å². The third-order valence-electron chi connectivity index (χ3n) is 6.66. The van der Waals surface area contributed by atoms with Gasteiger partial charge >= 0.3 is 0 Å². The van der Waals surface area contributed by atoms with Crippen LogP contribution >= 0.6 is 15.9 Å². The number of rotatable bonds is 12. The summed E-state index contributed by atoms with van der Waals surface area (Å²) in [6.07, 6.45) is 0.734. The molecule has 0 heterocycles. The Balaban J connectivity index is 2.03. The fraction of sp³-hybridized carbons (Fsp3) is 0.333. The Kier molecular flexibility index (Phi) is 10.8. The quantitative estimate of drug-likeness (QED) is 0.294. The molecule has 0 unspecified atom stereocenters. The Morgan fingerprint density at radius 3 is 2.23 bits per heavy atom. The lowest BCUT2D eigenvalue weighted by Crippen LogP contribution is -2.52. The van der Waals surface area contributed by atoms with Crippen molar-refractivity contribution in [2.75, 3.05) is 18.0 Å². The van der Waals surface area contributed by atoms with Gasteiger partial charge in [-0.05, 0) is 81.3 Å². The summed E-state index contributed by atoms with van der Waals surface area (Å²) in [6.45, 7) is 6.99. The van der Waals surface area contributed by atoms with Gasteiger partial charge in [0, 0.05) is 17.1 Å². The fourth-order valence-corrected chi connectivity index (χ4v) is 5.86. The second kappa shape index (κ2) is 13.8. The van der Waals surface area contributed by atoms with E-state index < -0.39 is 28.5 Å². The van der Waals surface area contributed by atoms with Crippen LogP contribution in [0, 0.1) is 6.92 Å². The first-order valence-electron chi connectivity index (χ1n) is 13.0. The predicted molar refractivity (Wildman–Crippen MR) is 161 cm³/mol. The van der Waals surface area contributed by atoms with Gasteiger partial charge in [-0.2, -0.15) is 0 Å². The first kappa shape index (κ1) is 31.2. The smallest absolute Gasteiger partial charge is 0.264 e. The van der Waals surface area contributed by atoms with Crippen LogP contribution in [-0.4, -0.2) is 50.9 Å². The highest BCUT2D eigenvalue weighted by molar-refractivity contribution is 9.10. The monoisotopic (exact) mass is 629 g/mol. The highest BCUT2D eigenvalue weighted by atomic mass is 79.9. The normalized spacial score (nSPS) is 12.8. The van der Waals surface area contributed by atoms with Gasteiger partial charge in [0.25, 0.3) is 10.0 Å². The molecule has 3 aromatic rings. The van der Waals surface area contributed by atoms with E-state index in [4.69, 9.17) is 4.74 Å². The van der Waals surface area contributed by atoms with E-state index in [0.29, 0.717) is 11.4 Å². The number of benzene rings is 3. The molecule has 0 aliphatic rings. The first-order valence-corrected chi connectivity index (χ1v) is 15.3. The number of halogens is 1. The van der Waals surface area contributed by atoms with Crippen LogP contribution in [0.3, 0.4) is 0 Å². The average molecular weight is 631 g/mol. The standard InChI is InChI=1S/C30H36BrN3O5S/c1-6-22(3)32-30(36)23(4)33(19-24-8-7-9-25(31)18-24)29(35)20-34(26-12-14-27(39-5)15-13-26)40(37,38)28-16-10-21(2)11-17-28/h7-18,22-23H,6,19-20H2,1-5H3,(H,32,36)/t22-,23-/m0/s1. The molecule has 0 aliphatic carbocycles. The number of ether oxygens (including phenoxy) is 1. The Morgan fingerprint density at radius 1 is 1.00 bits per heavy atom. The molecule has 0 fully saturated rings. The minimum Gasteiger partial charge on any atom is -0.497 e. The summed E-state index contributed by atoms with van der Waals surface area (Å²) in [5, 5.41) is 2.93. The highest BCUT2D eigenvalue weighted by Gasteiger charge is 2.32. The summed E-state index contributed by atoms with van der Waals surface area (Å²) >= 11 is 3.46. The highest BCUT2D eigenvalue weighted by Crippen LogP contribution is 2.27. The zero-order valence-electron chi connectivity index (χ0n) is 23.4. The molecule has 40 heavy (non-hydrogen) atoms. The SMILES string of the molecule is CC[C@H](C)NC(=O)[C@H](C)N(Cc1cccc(Br)c1)C(=O)CN(c1ccc(OC)cc1)S(=O)(=O)c1ccc(C)cc1. The molecule has 0 bridgehead atoms. The van der Waals surface area contributed by atoms with E-state index in [0.717, 1.165) is 26.3 Å². The van der Waals surface area contributed by atoms with Gasteiger partial charge in [-0.3, -0.25) is 13.9 Å². The van der Waals surface area contributed by atoms with Crippen molar-refractivity contribution < 1.29 is 22.7 Å². The number of carbonyl (C=O) groups is 2. The molecular weight excluding hydrogens is 594 g/mol. The van der Waals surface area contributed by atoms with Crippen LogP contribution in [0.15, 0.2) is 82.2 Å². The van der Waals surface area contributed by atoms with Crippen molar-refractivity contribution in [3.05, 3.63) is 88.4 Å². The van der Waals surface area contributed by atoms with Crippen molar-refractivity contribution in [2.45, 2.75) is 57.6 Å². The van der Waals surface area contributed by atoms with Crippen LogP contribution in [0.5, 0.6) is 5.75 Å². The van der Waals surface area contributed by atoms with Crippen LogP contribution in [0.1, 0.15) is 38.3 Å². The molecule has 3 rings (SSSR count). The molecule has 0 aromatic heterocycles. The van der Waals surface area contributed by atoms with E-state index in [1.54, 1.807) is 43.3 Å². The van der Waals surface area contributed by atoms with Gasteiger partial charge in [-0.1, -0.05) is 52.7 Å². The van der Waals surface area contributed by atoms with Crippen LogP contribution in [0.2, 0.25) is 0 Å². The molecule has 8 nitrogen and oxygen atoms in total. The lowest BCUT2D eigenvalue weighted by molar-refractivity contribution is -0.139. The molecule has 0 radical (unpaired) electrons. The van der Waals surface area contributed by atoms with Crippen LogP contribution < -0.4 is 14.4 Å². The van der Waals surface area contributed by atoms with Gasteiger partial charge in [-0.25, -0.2) is 8.42 Å². The van der Waals surface area contributed by atoms with Crippen molar-refractivity contribution in [3.63, 3.8) is 0 Å². The summed E-state index contributed by atoms with van der Waals surface area (Å²) in [5.41, 5.74) is 2.00. The summed E-state index contributed by atoms with van der Waals surface area (Å²) in [5.74, 6) is -0.275. The number of hydrogen-bond donors (Lipinski definition) is 1. The number of nitrogens with zero attached hydrogens (tertiary/aromatic N) is 2. The van der Waals surface area contributed by atoms with E-state index in [-0.39, 0.29) is 23.4 Å². The number of amides is 2. The number of hydrogen-bond acceptors (Lipinski definition) is 5. The summed E-state index contributed by atoms with van der Waals surface area (Å²) in [4.78, 5) is 28.6. The van der Waals surface area contributed by atoms with Crippen molar-refractivity contribution in [3.8, 4) is 5.75 Å². The minimum absolute atomic E-state index is 0.0582. The molecule has 0 saturated carbocycles. The van der Waals surface area contributed by atoms with Gasteiger partial charge in [-0.15, -0.1) is 0 Å². The van der Waals surface area contributed by atoms with Crippen LogP contribution in [0.25, 0.3) is 0 Å². The third kappa shape index (κ3) is 7.85. The zero-order chi connectivity index (χ0) is 29.4. The molecule has 0 aliphatic heterocycles. The van der Waals surface area contributed by atoms with E-state index in [1.807, 2.05) is 45.0 Å². The number of carbonyl (C=O) groups excluding carboxylic acids is 2. The molecular formula is C30H36BrN3O5S. The number of aryl methyl sites for hydroxylation is 1. The molecule has 10 heteroatoms. The number of methoxy groups -OCH3 is 1. The van der Waals surface area contributed by atoms with Crippen LogP contribution in [-0.2, 0) is 26.2 Å². The maximum atomic E-state index is 14.0. The maximum absolute atomic E-state index is 14.0. The van der Waals surface area contributed by atoms with Crippen LogP contribution in [0.4, 0.5) is 5.69 Å². The molecule has 214 valence electrons. The second-order valence-electron chi connectivity index (χ2n) is 9.67. The number of nitrogens with one attached hydrogen (secondary N) is 1. The van der Waals surface area contributed by atoms with Gasteiger partial charge in [0.15, 0.2) is 0 Å². The fourth-order valence-electron chi connectivity index (χ4n) is 3.99. The Labute approximate surface area is 245 Å². The first-order chi connectivity index (χ1) is 19.0. The van der Waals surface area contributed by atoms with Gasteiger partial charge in [0.1, 0.15) is 18.3 Å². The van der Waals surface area contributed by atoms with Gasteiger partial charge < -0.3 is 15.0 Å². The lowest BCUT2D eigenvalue weighted by Gasteiger charge is -2.32. The minimum atomic E-state index is -4.13. The topological polar surface area (TPSA) is 96.0 Å². The number of sulfonamides is 1. The molecule has 0 spiro atoms. The van der Waals surface area contributed by atoms with E-state index >= 15 is 0 Å². The third-order valence-corrected chi connectivity index (χ3v) is 8.94. The average Bonchev–Trinajstić information content (AvgIpc) is 2.94. The van der Waals surface area contributed by atoms with Gasteiger partial charge in [0.05, 0.1) is 17.7 Å². The van der Waals surface area contributed by atoms with E-state index in [9.17, 15) is 18.0 Å². The lowest BCUT2D eigenvalue weighted by atomic mass is 10.1. The van der Waals surface area contributed by atoms with E-state index in [1.165, 1.54) is 24.1 Å². The van der Waals surface area contributed by atoms with Crippen molar-refractivity contribution in [1.82, 2.24) is 10.2 Å². The summed E-state index contributed by atoms with van der Waals surface area (Å²) < 4.78 is 34.9. The Morgan fingerprint density at radius 2 is 1.65 bits per heavy atom. The van der Waals surface area contributed by atoms with E-state index in [2.05, 4.69) is 21.2 Å². The molecule has 1 N–H and O–H groups in total. The summed E-state index contributed by atoms with van der Waals surface area (Å²) in [7, 11) is -2.61. The Hall–Kier alpha value is -3.37. The molecule has 2 atom stereocenters. The molecule has 0 saturated heterocycles. The number of anilines is 1.